The van der Waals surface area contributed by atoms with Gasteiger partial charge in [0.15, 0.2) is 0 Å². The maximum atomic E-state index is 11.7. The van der Waals surface area contributed by atoms with Gasteiger partial charge < -0.3 is 24.8 Å². The molecule has 2 heterocycles. The average Bonchev–Trinajstić information content (AvgIpc) is 2.43. The van der Waals surface area contributed by atoms with Gasteiger partial charge in [-0.05, 0) is 0 Å². The van der Waals surface area contributed by atoms with Crippen LogP contribution in [0.25, 0.3) is 0 Å². The summed E-state index contributed by atoms with van der Waals surface area (Å²) in [6, 6.07) is 6.07. The zero-order chi connectivity index (χ0) is 18.6. The van der Waals surface area contributed by atoms with Crippen molar-refractivity contribution in [2.75, 3.05) is 0 Å². The summed E-state index contributed by atoms with van der Waals surface area (Å²) in [6.45, 7) is 17.2. The van der Waals surface area contributed by atoms with Crippen LogP contribution >= 0.6 is 0 Å². The fourth-order valence-electron chi connectivity index (χ4n) is 4.44. The summed E-state index contributed by atoms with van der Waals surface area (Å²) >= 11 is -4.20. The average molecular weight is 440 g/mol. The summed E-state index contributed by atoms with van der Waals surface area (Å²) in [5.74, 6) is 0.262. The van der Waals surface area contributed by atoms with Crippen molar-refractivity contribution in [3.05, 3.63) is 30.1 Å². The van der Waals surface area contributed by atoms with Crippen molar-refractivity contribution >= 4 is 0 Å². The Labute approximate surface area is 176 Å². The molecule has 0 aliphatic carbocycles. The summed E-state index contributed by atoms with van der Waals surface area (Å²) < 4.78 is 22.4. The standard InChI is InChI=1S/C20H33N.2ClH.2H2O.Ti/c1-15(19(3,4)5)13-17(14-16(2)20(6,7)8)18-11-9-10-12-21-18;;;;;/h9-12,17H,13-14H2,1-8H3;2*1H;2*1H2;/q;;;;;+4/p-4. The van der Waals surface area contributed by atoms with E-state index in [9.17, 15) is 7.38 Å². The van der Waals surface area contributed by atoms with Crippen LogP contribution in [-0.4, -0.2) is 12.4 Å². The van der Waals surface area contributed by atoms with E-state index in [0.717, 1.165) is 18.5 Å². The third-order valence-corrected chi connectivity index (χ3v) is 15.1. The molecule has 3 nitrogen and oxygen atoms in total. The molecule has 1 aromatic rings. The first kappa shape index (κ1) is 26.4. The van der Waals surface area contributed by atoms with Crippen molar-refractivity contribution in [1.29, 1.82) is 0 Å². The molecule has 2 rings (SSSR count). The van der Waals surface area contributed by atoms with Gasteiger partial charge in [-0.1, -0.05) is 0 Å². The molecule has 1 aliphatic rings. The van der Waals surface area contributed by atoms with Crippen LogP contribution in [0, 0.1) is 10.8 Å². The van der Waals surface area contributed by atoms with Crippen LogP contribution < -0.4 is 24.8 Å². The molecule has 1 fully saturated rings. The predicted molar refractivity (Wildman–Crippen MR) is 96.3 cm³/mol. The zero-order valence-corrected chi connectivity index (χ0v) is 20.5. The monoisotopic (exact) mass is 439 g/mol. The van der Waals surface area contributed by atoms with E-state index in [4.69, 9.17) is 0 Å². The third kappa shape index (κ3) is 3.90. The molecule has 1 saturated heterocycles. The summed E-state index contributed by atoms with van der Waals surface area (Å²) in [5, 5.41) is 0. The van der Waals surface area contributed by atoms with Crippen molar-refractivity contribution in [3.8, 4) is 0 Å². The van der Waals surface area contributed by atoms with Crippen molar-refractivity contribution in [3.63, 3.8) is 0 Å². The van der Waals surface area contributed by atoms with Gasteiger partial charge in [0.25, 0.3) is 0 Å². The van der Waals surface area contributed by atoms with Crippen LogP contribution in [0.2, 0.25) is 7.44 Å². The fraction of sp³-hybridized carbons (Fsp3) is 0.750. The molecule has 2 atom stereocenters. The van der Waals surface area contributed by atoms with E-state index in [0.29, 0.717) is 0 Å². The molecule has 0 radical (unpaired) electrons. The number of rotatable bonds is 1. The molecule has 0 amide bonds. The predicted octanol–water partition coefficient (Wildman–Crippen LogP) is -0.615. The summed E-state index contributed by atoms with van der Waals surface area (Å²) in [5.41, 5.74) is 0.744. The smallest absolute Gasteiger partial charge is 1.00 e. The quantitative estimate of drug-likeness (QED) is 0.573. The van der Waals surface area contributed by atoms with Gasteiger partial charge in [-0.15, -0.1) is 0 Å². The third-order valence-electron chi connectivity index (χ3n) is 7.26. The van der Waals surface area contributed by atoms with E-state index in [-0.39, 0.29) is 41.6 Å². The van der Waals surface area contributed by atoms with Crippen LogP contribution in [0.1, 0.15) is 79.8 Å². The van der Waals surface area contributed by atoms with Gasteiger partial charge in [0.1, 0.15) is 0 Å². The van der Waals surface area contributed by atoms with Crippen LogP contribution in [-0.2, 0) is 17.4 Å². The first-order chi connectivity index (χ1) is 10.7. The number of nitrogens with zero attached hydrogens (tertiary/aromatic N) is 1. The minimum atomic E-state index is -4.20. The largest absolute Gasteiger partial charge is 1.00 e. The van der Waals surface area contributed by atoms with Crippen LogP contribution in [0.15, 0.2) is 24.4 Å². The van der Waals surface area contributed by atoms with Crippen molar-refractivity contribution in [2.24, 2.45) is 10.8 Å². The number of halogens is 2. The topological polar surface area (TPSA) is 53.4 Å². The minimum Gasteiger partial charge on any atom is -1.00 e. The number of pyridine rings is 1. The molecule has 2 unspecified atom stereocenters. The second-order valence-electron chi connectivity index (χ2n) is 10.2. The van der Waals surface area contributed by atoms with Crippen molar-refractivity contribution in [1.82, 2.24) is 4.98 Å². The van der Waals surface area contributed by atoms with Gasteiger partial charge in [-0.3, -0.25) is 0 Å². The van der Waals surface area contributed by atoms with Gasteiger partial charge in [-0.25, -0.2) is 0 Å². The Morgan fingerprint density at radius 2 is 1.35 bits per heavy atom. The van der Waals surface area contributed by atoms with Crippen molar-refractivity contribution < 1.29 is 49.6 Å². The van der Waals surface area contributed by atoms with Gasteiger partial charge in [0.05, 0.1) is 0 Å². The Kier molecular flexibility index (Phi) is 8.12. The fourth-order valence-corrected chi connectivity index (χ4v) is 11.3. The Bertz CT molecular complexity index is 566. The summed E-state index contributed by atoms with van der Waals surface area (Å²) in [6.07, 6.45) is 3.44. The van der Waals surface area contributed by atoms with E-state index in [1.54, 1.807) is 0 Å². The first-order valence-electron chi connectivity index (χ1n) is 9.03. The molecular weight excluding hydrogens is 405 g/mol. The molecule has 0 bridgehead atoms. The number of hydrogen-bond donors (Lipinski definition) is 2. The van der Waals surface area contributed by atoms with E-state index in [1.165, 1.54) is 0 Å². The molecular formula is C20H35Cl2NO2Ti. The zero-order valence-electron chi connectivity index (χ0n) is 17.4. The molecule has 0 aromatic carbocycles. The molecule has 150 valence electrons. The number of hydrogen-bond acceptors (Lipinski definition) is 3. The second-order valence-corrected chi connectivity index (χ2v) is 15.7. The van der Waals surface area contributed by atoms with E-state index in [2.05, 4.69) is 66.4 Å². The SMILES string of the molecule is CC(C)(C)[C]1(C)CC(c2ccccn2)C[C](C)(C(C)(C)C)[Ti+2]1([OH])[OH].[Cl-].[Cl-]. The molecule has 26 heavy (non-hydrogen) atoms. The minimum absolute atomic E-state index is 0. The molecule has 6 heteroatoms. The van der Waals surface area contributed by atoms with Gasteiger partial charge >= 0.3 is 152 Å². The van der Waals surface area contributed by atoms with Gasteiger partial charge in [0.2, 0.25) is 0 Å². The molecule has 1 aromatic heterocycles. The Morgan fingerprint density at radius 3 is 1.65 bits per heavy atom. The van der Waals surface area contributed by atoms with Crippen LogP contribution in [0.4, 0.5) is 0 Å². The van der Waals surface area contributed by atoms with Crippen LogP contribution in [0.3, 0.4) is 0 Å². The normalized spacial score (nSPS) is 30.3. The Hall–Kier alpha value is 0.364. The van der Waals surface area contributed by atoms with E-state index < -0.39 is 24.8 Å². The van der Waals surface area contributed by atoms with Gasteiger partial charge in [0, 0.05) is 0 Å². The van der Waals surface area contributed by atoms with Gasteiger partial charge in [-0.2, -0.15) is 0 Å². The van der Waals surface area contributed by atoms with E-state index >= 15 is 0 Å². The van der Waals surface area contributed by atoms with Crippen LogP contribution in [0.5, 0.6) is 0 Å². The Morgan fingerprint density at radius 1 is 0.923 bits per heavy atom. The molecule has 0 saturated carbocycles. The molecule has 1 aliphatic heterocycles. The maximum Gasteiger partial charge on any atom is -1.00 e. The summed E-state index contributed by atoms with van der Waals surface area (Å²) in [7, 11) is 0. The van der Waals surface area contributed by atoms with E-state index in [1.807, 2.05) is 18.3 Å². The molecule has 0 spiro atoms. The second kappa shape index (κ2) is 8.01. The number of aromatic nitrogens is 1. The first-order valence-corrected chi connectivity index (χ1v) is 12.0. The summed E-state index contributed by atoms with van der Waals surface area (Å²) in [4.78, 5) is 4.60. The molecule has 2 N–H and O–H groups in total. The maximum absolute atomic E-state index is 11.7. The van der Waals surface area contributed by atoms with Crippen molar-refractivity contribution in [2.45, 2.75) is 81.6 Å². The Balaban J connectivity index is 0.00000312.